The fourth-order valence-corrected chi connectivity index (χ4v) is 1.76. The predicted octanol–water partition coefficient (Wildman–Crippen LogP) is 2.82. The summed E-state index contributed by atoms with van der Waals surface area (Å²) in [5, 5.41) is 0.0728. The summed E-state index contributed by atoms with van der Waals surface area (Å²) in [6.45, 7) is 2.75. The van der Waals surface area contributed by atoms with Gasteiger partial charge in [-0.3, -0.25) is 0 Å². The molecule has 1 aromatic heterocycles. The van der Waals surface area contributed by atoms with E-state index in [9.17, 15) is 4.39 Å². The number of nitrogens with two attached hydrogens (primary N) is 1. The lowest BCUT2D eigenvalue weighted by Gasteiger charge is -2.03. The van der Waals surface area contributed by atoms with Gasteiger partial charge in [0.15, 0.2) is 0 Å². The summed E-state index contributed by atoms with van der Waals surface area (Å²) in [5.74, 6) is -0.0464. The highest BCUT2D eigenvalue weighted by atomic mass is 35.5. The lowest BCUT2D eigenvalue weighted by Crippen LogP contribution is -2.02. The molecule has 0 aliphatic rings. The van der Waals surface area contributed by atoms with Crippen LogP contribution in [0.3, 0.4) is 0 Å². The number of aromatic nitrogens is 2. The van der Waals surface area contributed by atoms with Crippen LogP contribution in [0.25, 0.3) is 11.0 Å². The number of benzene rings is 1. The Labute approximate surface area is 91.7 Å². The first-order valence-electron chi connectivity index (χ1n) is 4.74. The van der Waals surface area contributed by atoms with E-state index in [4.69, 9.17) is 17.3 Å². The van der Waals surface area contributed by atoms with Gasteiger partial charge >= 0.3 is 0 Å². The van der Waals surface area contributed by atoms with E-state index in [-0.39, 0.29) is 5.02 Å². The largest absolute Gasteiger partial charge is 0.369 e. The van der Waals surface area contributed by atoms with Gasteiger partial charge in [0.25, 0.3) is 0 Å². The zero-order valence-electron chi connectivity index (χ0n) is 8.30. The first-order chi connectivity index (χ1) is 7.13. The molecule has 1 heterocycles. The molecule has 15 heavy (non-hydrogen) atoms. The standard InChI is InChI=1S/C10H11ClFN3/c1-2-3-15-9-5-7(12)6(11)4-8(9)14-10(15)13/h4-5H,2-3H2,1H3,(H2,13,14). The Balaban J connectivity index is 2.70. The molecule has 0 atom stereocenters. The van der Waals surface area contributed by atoms with E-state index in [1.807, 2.05) is 6.92 Å². The Morgan fingerprint density at radius 3 is 2.93 bits per heavy atom. The summed E-state index contributed by atoms with van der Waals surface area (Å²) in [6, 6.07) is 2.87. The van der Waals surface area contributed by atoms with Crippen LogP contribution in [0.2, 0.25) is 5.02 Å². The van der Waals surface area contributed by atoms with Crippen molar-refractivity contribution in [2.24, 2.45) is 0 Å². The molecule has 5 heteroatoms. The van der Waals surface area contributed by atoms with E-state index in [2.05, 4.69) is 4.98 Å². The molecule has 3 nitrogen and oxygen atoms in total. The first kappa shape index (κ1) is 10.2. The molecule has 2 aromatic rings. The molecule has 0 aliphatic heterocycles. The predicted molar refractivity (Wildman–Crippen MR) is 59.4 cm³/mol. The second-order valence-electron chi connectivity index (χ2n) is 3.38. The molecule has 2 rings (SSSR count). The number of hydrogen-bond acceptors (Lipinski definition) is 2. The normalized spacial score (nSPS) is 11.1. The summed E-state index contributed by atoms with van der Waals surface area (Å²) in [5.41, 5.74) is 7.05. The van der Waals surface area contributed by atoms with Crippen LogP contribution in [0, 0.1) is 5.82 Å². The summed E-state index contributed by atoms with van der Waals surface area (Å²) in [7, 11) is 0. The minimum atomic E-state index is -0.443. The van der Waals surface area contributed by atoms with Gasteiger partial charge in [0.1, 0.15) is 5.82 Å². The van der Waals surface area contributed by atoms with Gasteiger partial charge in [-0.1, -0.05) is 18.5 Å². The Hall–Kier alpha value is -1.29. The van der Waals surface area contributed by atoms with Gasteiger partial charge in [-0.2, -0.15) is 0 Å². The molecular formula is C10H11ClFN3. The van der Waals surface area contributed by atoms with Crippen molar-refractivity contribution in [3.63, 3.8) is 0 Å². The average Bonchev–Trinajstić information content (AvgIpc) is 2.46. The van der Waals surface area contributed by atoms with Crippen LogP contribution in [0.15, 0.2) is 12.1 Å². The van der Waals surface area contributed by atoms with Gasteiger partial charge < -0.3 is 10.3 Å². The van der Waals surface area contributed by atoms with Crippen LogP contribution in [0.4, 0.5) is 10.3 Å². The Morgan fingerprint density at radius 2 is 2.27 bits per heavy atom. The number of hydrogen-bond donors (Lipinski definition) is 1. The fourth-order valence-electron chi connectivity index (χ4n) is 1.60. The molecule has 0 amide bonds. The van der Waals surface area contributed by atoms with E-state index in [1.165, 1.54) is 12.1 Å². The van der Waals surface area contributed by atoms with Crippen molar-refractivity contribution in [3.05, 3.63) is 23.0 Å². The molecule has 80 valence electrons. The molecule has 0 radical (unpaired) electrons. The van der Waals surface area contributed by atoms with Crippen LogP contribution in [-0.4, -0.2) is 9.55 Å². The number of anilines is 1. The highest BCUT2D eigenvalue weighted by Gasteiger charge is 2.10. The minimum Gasteiger partial charge on any atom is -0.369 e. The topological polar surface area (TPSA) is 43.8 Å². The molecule has 0 unspecified atom stereocenters. The molecule has 1 aromatic carbocycles. The molecule has 0 fully saturated rings. The maximum atomic E-state index is 13.3. The third-order valence-electron chi connectivity index (χ3n) is 2.27. The smallest absolute Gasteiger partial charge is 0.201 e. The van der Waals surface area contributed by atoms with Crippen LogP contribution in [0.5, 0.6) is 0 Å². The molecular weight excluding hydrogens is 217 g/mol. The van der Waals surface area contributed by atoms with Gasteiger partial charge in [0.05, 0.1) is 16.1 Å². The van der Waals surface area contributed by atoms with Gasteiger partial charge in [0, 0.05) is 12.6 Å². The second-order valence-corrected chi connectivity index (χ2v) is 3.78. The zero-order chi connectivity index (χ0) is 11.0. The highest BCUT2D eigenvalue weighted by molar-refractivity contribution is 6.31. The minimum absolute atomic E-state index is 0.0728. The number of aryl methyl sites for hydroxylation is 1. The number of fused-ring (bicyclic) bond motifs is 1. The third-order valence-corrected chi connectivity index (χ3v) is 2.56. The first-order valence-corrected chi connectivity index (χ1v) is 5.12. The van der Waals surface area contributed by atoms with Crippen LogP contribution in [0.1, 0.15) is 13.3 Å². The average molecular weight is 228 g/mol. The van der Waals surface area contributed by atoms with E-state index in [0.29, 0.717) is 17.0 Å². The third kappa shape index (κ3) is 1.65. The quantitative estimate of drug-likeness (QED) is 0.858. The number of imidazole rings is 1. The summed E-state index contributed by atoms with van der Waals surface area (Å²) >= 11 is 5.66. The molecule has 0 aliphatic carbocycles. The Morgan fingerprint density at radius 1 is 1.53 bits per heavy atom. The van der Waals surface area contributed by atoms with Crippen molar-refractivity contribution in [1.29, 1.82) is 0 Å². The van der Waals surface area contributed by atoms with E-state index in [0.717, 1.165) is 13.0 Å². The van der Waals surface area contributed by atoms with E-state index in [1.54, 1.807) is 4.57 Å². The van der Waals surface area contributed by atoms with Gasteiger partial charge in [0.2, 0.25) is 5.95 Å². The van der Waals surface area contributed by atoms with Crippen LogP contribution >= 0.6 is 11.6 Å². The van der Waals surface area contributed by atoms with E-state index < -0.39 is 5.82 Å². The number of nitrogen functional groups attached to an aromatic ring is 1. The fraction of sp³-hybridized carbons (Fsp3) is 0.300. The summed E-state index contributed by atoms with van der Waals surface area (Å²) in [4.78, 5) is 4.12. The molecule has 2 N–H and O–H groups in total. The molecule has 0 saturated heterocycles. The zero-order valence-corrected chi connectivity index (χ0v) is 9.05. The van der Waals surface area contributed by atoms with Crippen molar-refractivity contribution >= 4 is 28.6 Å². The lowest BCUT2D eigenvalue weighted by molar-refractivity contribution is 0.627. The number of nitrogens with zero attached hydrogens (tertiary/aromatic N) is 2. The van der Waals surface area contributed by atoms with E-state index >= 15 is 0 Å². The number of halogens is 2. The molecule has 0 spiro atoms. The highest BCUT2D eigenvalue weighted by Crippen LogP contribution is 2.24. The molecule has 0 saturated carbocycles. The van der Waals surface area contributed by atoms with Crippen LogP contribution in [-0.2, 0) is 6.54 Å². The second kappa shape index (κ2) is 3.70. The van der Waals surface area contributed by atoms with Gasteiger partial charge in [-0.05, 0) is 12.5 Å². The maximum absolute atomic E-state index is 13.3. The van der Waals surface area contributed by atoms with Gasteiger partial charge in [-0.25, -0.2) is 9.37 Å². The summed E-state index contributed by atoms with van der Waals surface area (Å²) < 4.78 is 15.1. The van der Waals surface area contributed by atoms with Gasteiger partial charge in [-0.15, -0.1) is 0 Å². The van der Waals surface area contributed by atoms with Crippen LogP contribution < -0.4 is 5.73 Å². The monoisotopic (exact) mass is 227 g/mol. The number of rotatable bonds is 2. The van der Waals surface area contributed by atoms with Crippen molar-refractivity contribution < 1.29 is 4.39 Å². The summed E-state index contributed by atoms with van der Waals surface area (Å²) in [6.07, 6.45) is 0.917. The molecule has 0 bridgehead atoms. The van der Waals surface area contributed by atoms with Crippen molar-refractivity contribution in [2.75, 3.05) is 5.73 Å². The van der Waals surface area contributed by atoms with Crippen molar-refractivity contribution in [3.8, 4) is 0 Å². The lowest BCUT2D eigenvalue weighted by atomic mass is 10.3. The Kier molecular flexibility index (Phi) is 2.52. The maximum Gasteiger partial charge on any atom is 0.201 e. The SMILES string of the molecule is CCCn1c(N)nc2cc(Cl)c(F)cc21. The van der Waals surface area contributed by atoms with Crippen molar-refractivity contribution in [2.45, 2.75) is 19.9 Å². The van der Waals surface area contributed by atoms with Crippen molar-refractivity contribution in [1.82, 2.24) is 9.55 Å². The Bertz CT molecular complexity index is 507.